The maximum atomic E-state index is 12.5. The number of benzene rings is 2. The van der Waals surface area contributed by atoms with E-state index in [1.165, 1.54) is 20.1 Å². The van der Waals surface area contributed by atoms with Crippen molar-refractivity contribution in [3.05, 3.63) is 54.1 Å². The van der Waals surface area contributed by atoms with Crippen LogP contribution in [0.5, 0.6) is 11.5 Å². The maximum Gasteiger partial charge on any atom is 0.263 e. The molecule has 2 aromatic rings. The summed E-state index contributed by atoms with van der Waals surface area (Å²) in [5.41, 5.74) is 3.53. The number of aromatic hydroxyl groups is 1. The van der Waals surface area contributed by atoms with Crippen molar-refractivity contribution in [2.24, 2.45) is 5.10 Å². The molecule has 28 heavy (non-hydrogen) atoms. The Morgan fingerprint density at radius 3 is 2.32 bits per heavy atom. The largest absolute Gasteiger partial charge is 0.507 e. The summed E-state index contributed by atoms with van der Waals surface area (Å²) in [5.74, 6) is -0.0183. The number of sulfonamides is 1. The second kappa shape index (κ2) is 8.75. The molecule has 0 aromatic heterocycles. The van der Waals surface area contributed by atoms with E-state index in [2.05, 4.69) is 10.5 Å². The van der Waals surface area contributed by atoms with Crippen LogP contribution < -0.4 is 14.5 Å². The van der Waals surface area contributed by atoms with Gasteiger partial charge in [-0.05, 0) is 50.2 Å². The lowest BCUT2D eigenvalue weighted by Crippen LogP contribution is -2.46. The molecule has 1 atom stereocenters. The molecule has 1 amide bonds. The molecule has 0 aliphatic carbocycles. The molecule has 0 bridgehead atoms. The molecule has 8 nitrogen and oxygen atoms in total. The van der Waals surface area contributed by atoms with E-state index < -0.39 is 22.0 Å². The predicted molar refractivity (Wildman–Crippen MR) is 108 cm³/mol. The van der Waals surface area contributed by atoms with Crippen molar-refractivity contribution in [3.8, 4) is 11.5 Å². The highest BCUT2D eigenvalue weighted by Gasteiger charge is 2.29. The zero-order valence-corrected chi connectivity index (χ0v) is 16.9. The third-order valence-corrected chi connectivity index (χ3v) is 5.28. The van der Waals surface area contributed by atoms with E-state index in [4.69, 9.17) is 4.74 Å². The first-order valence-electron chi connectivity index (χ1n) is 8.41. The number of phenols is 1. The number of phenolic OH excluding ortho intramolecular Hbond substituents is 1. The van der Waals surface area contributed by atoms with Crippen molar-refractivity contribution in [3.63, 3.8) is 0 Å². The summed E-state index contributed by atoms with van der Waals surface area (Å²) in [6.07, 6.45) is 1.03. The van der Waals surface area contributed by atoms with Crippen LogP contribution in [0.4, 0.5) is 5.69 Å². The molecule has 2 rings (SSSR count). The van der Waals surface area contributed by atoms with Crippen LogP contribution in [0.1, 0.15) is 19.4 Å². The van der Waals surface area contributed by atoms with E-state index in [0.717, 1.165) is 10.6 Å². The monoisotopic (exact) mass is 405 g/mol. The topological polar surface area (TPSA) is 108 Å². The van der Waals surface area contributed by atoms with Gasteiger partial charge in [0.15, 0.2) is 0 Å². The molecular formula is C19H23N3O5S. The zero-order chi connectivity index (χ0) is 20.9. The Morgan fingerprint density at radius 1 is 1.18 bits per heavy atom. The first kappa shape index (κ1) is 21.2. The molecule has 0 aliphatic rings. The average Bonchev–Trinajstić information content (AvgIpc) is 2.65. The predicted octanol–water partition coefficient (Wildman–Crippen LogP) is 2.10. The van der Waals surface area contributed by atoms with Crippen molar-refractivity contribution in [1.29, 1.82) is 0 Å². The van der Waals surface area contributed by atoms with E-state index in [9.17, 15) is 18.3 Å². The molecule has 2 aromatic carbocycles. The average molecular weight is 405 g/mol. The van der Waals surface area contributed by atoms with Gasteiger partial charge in [0, 0.05) is 5.56 Å². The van der Waals surface area contributed by atoms with Crippen LogP contribution in [0.15, 0.2) is 53.6 Å². The number of carbonyl (C=O) groups is 1. The van der Waals surface area contributed by atoms with Crippen LogP contribution in [0, 0.1) is 0 Å². The number of hydrazone groups is 1. The van der Waals surface area contributed by atoms with Crippen molar-refractivity contribution in [2.45, 2.75) is 19.9 Å². The number of anilines is 1. The number of nitrogens with one attached hydrogen (secondary N) is 1. The molecule has 0 aliphatic heterocycles. The Kier molecular flexibility index (Phi) is 6.63. The molecule has 0 fully saturated rings. The normalized spacial score (nSPS) is 12.9. The summed E-state index contributed by atoms with van der Waals surface area (Å²) in [5, 5.41) is 13.8. The minimum atomic E-state index is -3.74. The fraction of sp³-hybridized carbons (Fsp3) is 0.263. The first-order valence-corrected chi connectivity index (χ1v) is 10.3. The summed E-state index contributed by atoms with van der Waals surface area (Å²) in [7, 11) is -2.23. The highest BCUT2D eigenvalue weighted by Crippen LogP contribution is 2.24. The third-order valence-electron chi connectivity index (χ3n) is 4.04. The molecule has 0 radical (unpaired) electrons. The first-order chi connectivity index (χ1) is 13.1. The fourth-order valence-electron chi connectivity index (χ4n) is 2.61. The SMILES string of the molecule is COc1ccc(N([C@@H](C)C(=O)NN=C(C)c2ccccc2O)S(C)(=O)=O)cc1. The molecule has 0 heterocycles. The number of hydrogen-bond acceptors (Lipinski definition) is 6. The summed E-state index contributed by atoms with van der Waals surface area (Å²) < 4.78 is 30.6. The summed E-state index contributed by atoms with van der Waals surface area (Å²) >= 11 is 0. The molecule has 2 N–H and O–H groups in total. The standard InChI is InChI=1S/C19H23N3O5S/c1-13(17-7-5-6-8-18(17)23)20-21-19(24)14(2)22(28(4,25)26)15-9-11-16(27-3)12-10-15/h5-12,14,23H,1-4H3,(H,21,24)/t14-/m0/s1. The number of amides is 1. The minimum Gasteiger partial charge on any atom is -0.507 e. The van der Waals surface area contributed by atoms with Crippen LogP contribution in [-0.4, -0.2) is 44.6 Å². The van der Waals surface area contributed by atoms with Gasteiger partial charge >= 0.3 is 0 Å². The zero-order valence-electron chi connectivity index (χ0n) is 16.1. The fourth-order valence-corrected chi connectivity index (χ4v) is 3.78. The smallest absolute Gasteiger partial charge is 0.263 e. The van der Waals surface area contributed by atoms with Crippen LogP contribution in [0.3, 0.4) is 0 Å². The third kappa shape index (κ3) is 5.01. The number of hydrogen-bond donors (Lipinski definition) is 2. The Labute approximate surface area is 164 Å². The van der Waals surface area contributed by atoms with Gasteiger partial charge in [-0.25, -0.2) is 13.8 Å². The van der Waals surface area contributed by atoms with Gasteiger partial charge in [-0.1, -0.05) is 12.1 Å². The van der Waals surface area contributed by atoms with Gasteiger partial charge in [-0.15, -0.1) is 0 Å². The second-order valence-electron chi connectivity index (χ2n) is 6.12. The molecule has 0 saturated heterocycles. The molecular weight excluding hydrogens is 382 g/mol. The number of methoxy groups -OCH3 is 1. The Bertz CT molecular complexity index is 971. The number of para-hydroxylation sites is 1. The Hall–Kier alpha value is -3.07. The quantitative estimate of drug-likeness (QED) is 0.542. The van der Waals surface area contributed by atoms with Crippen LogP contribution in [0.2, 0.25) is 0 Å². The highest BCUT2D eigenvalue weighted by molar-refractivity contribution is 7.92. The second-order valence-corrected chi connectivity index (χ2v) is 7.98. The molecule has 0 unspecified atom stereocenters. The number of ether oxygens (including phenoxy) is 1. The number of nitrogens with zero attached hydrogens (tertiary/aromatic N) is 2. The van der Waals surface area contributed by atoms with Gasteiger partial charge < -0.3 is 9.84 Å². The minimum absolute atomic E-state index is 0.0297. The lowest BCUT2D eigenvalue weighted by Gasteiger charge is -2.27. The van der Waals surface area contributed by atoms with Crippen molar-refractivity contribution >= 4 is 27.3 Å². The van der Waals surface area contributed by atoms with Gasteiger partial charge in [0.25, 0.3) is 5.91 Å². The molecule has 0 spiro atoms. The van der Waals surface area contributed by atoms with Gasteiger partial charge in [-0.3, -0.25) is 9.10 Å². The maximum absolute atomic E-state index is 12.5. The summed E-state index contributed by atoms with van der Waals surface area (Å²) in [6.45, 7) is 3.09. The summed E-state index contributed by atoms with van der Waals surface area (Å²) in [4.78, 5) is 12.5. The van der Waals surface area contributed by atoms with Crippen molar-refractivity contribution in [1.82, 2.24) is 5.43 Å². The van der Waals surface area contributed by atoms with Crippen molar-refractivity contribution in [2.75, 3.05) is 17.7 Å². The molecule has 150 valence electrons. The van der Waals surface area contributed by atoms with E-state index in [1.807, 2.05) is 0 Å². The van der Waals surface area contributed by atoms with Crippen LogP contribution in [-0.2, 0) is 14.8 Å². The van der Waals surface area contributed by atoms with Gasteiger partial charge in [0.1, 0.15) is 17.5 Å². The summed E-state index contributed by atoms with van der Waals surface area (Å²) in [6, 6.07) is 11.8. The van der Waals surface area contributed by atoms with Gasteiger partial charge in [0.05, 0.1) is 24.8 Å². The Balaban J connectivity index is 2.24. The molecule has 0 saturated carbocycles. The van der Waals surface area contributed by atoms with Gasteiger partial charge in [-0.2, -0.15) is 5.10 Å². The molecule has 9 heteroatoms. The number of carbonyl (C=O) groups excluding carboxylic acids is 1. The Morgan fingerprint density at radius 2 is 1.79 bits per heavy atom. The van der Waals surface area contributed by atoms with E-state index in [-0.39, 0.29) is 5.75 Å². The number of rotatable bonds is 7. The van der Waals surface area contributed by atoms with Crippen LogP contribution in [0.25, 0.3) is 0 Å². The van der Waals surface area contributed by atoms with Crippen LogP contribution >= 0.6 is 0 Å². The lowest BCUT2D eigenvalue weighted by atomic mass is 10.1. The lowest BCUT2D eigenvalue weighted by molar-refractivity contribution is -0.121. The van der Waals surface area contributed by atoms with E-state index in [0.29, 0.717) is 22.7 Å². The van der Waals surface area contributed by atoms with E-state index in [1.54, 1.807) is 49.4 Å². The highest BCUT2D eigenvalue weighted by atomic mass is 32.2. The van der Waals surface area contributed by atoms with E-state index >= 15 is 0 Å². The van der Waals surface area contributed by atoms with Gasteiger partial charge in [0.2, 0.25) is 10.0 Å². The van der Waals surface area contributed by atoms with Crippen molar-refractivity contribution < 1.29 is 23.1 Å².